The average Bonchev–Trinajstić information content (AvgIpc) is 3.20. The monoisotopic (exact) mass is 362 g/mol. The molecule has 0 aliphatic carbocycles. The number of aromatic nitrogens is 1. The van der Waals surface area contributed by atoms with Crippen molar-refractivity contribution in [2.45, 2.75) is 6.54 Å². The van der Waals surface area contributed by atoms with Crippen LogP contribution in [0.15, 0.2) is 29.8 Å². The topological polar surface area (TPSA) is 66.9 Å². The molecule has 8 heteroatoms. The van der Waals surface area contributed by atoms with Gasteiger partial charge in [0, 0.05) is 50.4 Å². The van der Waals surface area contributed by atoms with Crippen molar-refractivity contribution in [3.63, 3.8) is 0 Å². The minimum atomic E-state index is -0.0550. The molecule has 1 saturated heterocycles. The summed E-state index contributed by atoms with van der Waals surface area (Å²) in [7, 11) is 3.22. The summed E-state index contributed by atoms with van der Waals surface area (Å²) >= 11 is 1.63. The summed E-state index contributed by atoms with van der Waals surface area (Å²) in [4.78, 5) is 20.8. The van der Waals surface area contributed by atoms with Gasteiger partial charge in [0.25, 0.3) is 0 Å². The van der Waals surface area contributed by atoms with Crippen LogP contribution in [0.1, 0.15) is 5.56 Å². The zero-order chi connectivity index (χ0) is 17.6. The minimum absolute atomic E-state index is 0.0550. The number of methoxy groups -OCH3 is 2. The number of ether oxygens (including phenoxy) is 2. The molecular weight excluding hydrogens is 340 g/mol. The third-order valence-corrected chi connectivity index (χ3v) is 4.94. The smallest absolute Gasteiger partial charge is 0.317 e. The number of anilines is 1. The molecule has 0 bridgehead atoms. The summed E-state index contributed by atoms with van der Waals surface area (Å²) in [6.45, 7) is 3.40. The Bertz CT molecular complexity index is 678. The van der Waals surface area contributed by atoms with Crippen LogP contribution in [0.25, 0.3) is 0 Å². The van der Waals surface area contributed by atoms with Gasteiger partial charge in [-0.15, -0.1) is 11.3 Å². The SMILES string of the molecule is COc1cc(CNC(=O)N2CCN(c3nccs3)CC2)cc(OC)c1. The molecule has 2 aromatic rings. The van der Waals surface area contributed by atoms with Gasteiger partial charge in [-0.05, 0) is 17.7 Å². The van der Waals surface area contributed by atoms with Crippen molar-refractivity contribution in [1.82, 2.24) is 15.2 Å². The van der Waals surface area contributed by atoms with E-state index in [1.54, 1.807) is 25.6 Å². The molecule has 7 nitrogen and oxygen atoms in total. The van der Waals surface area contributed by atoms with E-state index >= 15 is 0 Å². The highest BCUT2D eigenvalue weighted by Gasteiger charge is 2.22. The largest absolute Gasteiger partial charge is 0.497 e. The number of carbonyl (C=O) groups excluding carboxylic acids is 1. The number of hydrogen-bond donors (Lipinski definition) is 1. The molecule has 0 atom stereocenters. The number of carbonyl (C=O) groups is 1. The molecule has 2 amide bonds. The van der Waals surface area contributed by atoms with Crippen LogP contribution < -0.4 is 19.7 Å². The fourth-order valence-electron chi connectivity index (χ4n) is 2.73. The first-order valence-electron chi connectivity index (χ1n) is 8.09. The number of nitrogens with one attached hydrogen (secondary N) is 1. The summed E-state index contributed by atoms with van der Waals surface area (Å²) in [6.07, 6.45) is 1.81. The van der Waals surface area contributed by atoms with Gasteiger partial charge in [0.1, 0.15) is 11.5 Å². The van der Waals surface area contributed by atoms with Crippen molar-refractivity contribution >= 4 is 22.5 Å². The maximum atomic E-state index is 12.4. The molecule has 0 spiro atoms. The first-order valence-corrected chi connectivity index (χ1v) is 8.96. The predicted molar refractivity (Wildman–Crippen MR) is 97.7 cm³/mol. The quantitative estimate of drug-likeness (QED) is 0.883. The lowest BCUT2D eigenvalue weighted by Crippen LogP contribution is -2.51. The van der Waals surface area contributed by atoms with E-state index in [0.29, 0.717) is 31.1 Å². The van der Waals surface area contributed by atoms with Gasteiger partial charge in [0.15, 0.2) is 5.13 Å². The standard InChI is InChI=1S/C17H22N4O3S/c1-23-14-9-13(10-15(11-14)24-2)12-19-16(22)20-4-6-21(7-5-20)17-18-3-8-25-17/h3,8-11H,4-7,12H2,1-2H3,(H,19,22). The van der Waals surface area contributed by atoms with Crippen LogP contribution in [-0.2, 0) is 6.54 Å². The van der Waals surface area contributed by atoms with Crippen molar-refractivity contribution in [2.75, 3.05) is 45.3 Å². The first-order chi connectivity index (χ1) is 12.2. The van der Waals surface area contributed by atoms with Gasteiger partial charge < -0.3 is 24.6 Å². The number of amides is 2. The molecule has 1 fully saturated rings. The molecule has 1 aromatic heterocycles. The van der Waals surface area contributed by atoms with Gasteiger partial charge in [-0.1, -0.05) is 0 Å². The predicted octanol–water partition coefficient (Wildman–Crippen LogP) is 2.19. The van der Waals surface area contributed by atoms with Crippen LogP contribution >= 0.6 is 11.3 Å². The molecule has 1 aromatic carbocycles. The second-order valence-electron chi connectivity index (χ2n) is 5.67. The maximum Gasteiger partial charge on any atom is 0.317 e. The Morgan fingerprint density at radius 2 is 1.84 bits per heavy atom. The van der Waals surface area contributed by atoms with Crippen molar-refractivity contribution in [2.24, 2.45) is 0 Å². The zero-order valence-electron chi connectivity index (χ0n) is 14.4. The Morgan fingerprint density at radius 3 is 2.40 bits per heavy atom. The lowest BCUT2D eigenvalue weighted by Gasteiger charge is -2.34. The molecule has 134 valence electrons. The first kappa shape index (κ1) is 17.3. The third kappa shape index (κ3) is 4.33. The number of urea groups is 1. The fraction of sp³-hybridized carbons (Fsp3) is 0.412. The molecule has 1 aliphatic heterocycles. The van der Waals surface area contributed by atoms with Crippen LogP contribution in [0.5, 0.6) is 11.5 Å². The Labute approximate surface area is 151 Å². The third-order valence-electron chi connectivity index (χ3n) is 4.11. The number of hydrogen-bond acceptors (Lipinski definition) is 6. The molecular formula is C17H22N4O3S. The second-order valence-corrected chi connectivity index (χ2v) is 6.54. The number of piperazine rings is 1. The van der Waals surface area contributed by atoms with Gasteiger partial charge >= 0.3 is 6.03 Å². The zero-order valence-corrected chi connectivity index (χ0v) is 15.2. The van der Waals surface area contributed by atoms with Crippen LogP contribution in [0.2, 0.25) is 0 Å². The second kappa shape index (κ2) is 8.06. The van der Waals surface area contributed by atoms with E-state index in [4.69, 9.17) is 9.47 Å². The van der Waals surface area contributed by atoms with Crippen LogP contribution in [0.3, 0.4) is 0 Å². The molecule has 1 N–H and O–H groups in total. The average molecular weight is 362 g/mol. The number of rotatable bonds is 5. The van der Waals surface area contributed by atoms with Crippen molar-refractivity contribution in [3.8, 4) is 11.5 Å². The highest BCUT2D eigenvalue weighted by atomic mass is 32.1. The van der Waals surface area contributed by atoms with Crippen molar-refractivity contribution in [3.05, 3.63) is 35.3 Å². The molecule has 0 saturated carbocycles. The summed E-state index contributed by atoms with van der Waals surface area (Å²) in [5.74, 6) is 1.42. The van der Waals surface area contributed by atoms with Gasteiger partial charge in [0.2, 0.25) is 0 Å². The summed E-state index contributed by atoms with van der Waals surface area (Å²) in [6, 6.07) is 5.54. The molecule has 0 radical (unpaired) electrons. The summed E-state index contributed by atoms with van der Waals surface area (Å²) in [5, 5.41) is 5.95. The van der Waals surface area contributed by atoms with Gasteiger partial charge in [-0.25, -0.2) is 9.78 Å². The van der Waals surface area contributed by atoms with Gasteiger partial charge in [-0.3, -0.25) is 0 Å². The molecule has 3 rings (SSSR count). The Kier molecular flexibility index (Phi) is 5.60. The maximum absolute atomic E-state index is 12.4. The molecule has 1 aliphatic rings. The van der Waals surface area contributed by atoms with Crippen LogP contribution in [0, 0.1) is 0 Å². The van der Waals surface area contributed by atoms with Gasteiger partial charge in [-0.2, -0.15) is 0 Å². The molecule has 25 heavy (non-hydrogen) atoms. The van der Waals surface area contributed by atoms with E-state index in [9.17, 15) is 4.79 Å². The Morgan fingerprint density at radius 1 is 1.16 bits per heavy atom. The minimum Gasteiger partial charge on any atom is -0.497 e. The van der Waals surface area contributed by atoms with E-state index in [-0.39, 0.29) is 6.03 Å². The summed E-state index contributed by atoms with van der Waals surface area (Å²) in [5.41, 5.74) is 0.936. The molecule has 0 unspecified atom stereocenters. The Balaban J connectivity index is 1.52. The van der Waals surface area contributed by atoms with E-state index < -0.39 is 0 Å². The lowest BCUT2D eigenvalue weighted by molar-refractivity contribution is 0.194. The van der Waals surface area contributed by atoms with Gasteiger partial charge in [0.05, 0.1) is 14.2 Å². The fourth-order valence-corrected chi connectivity index (χ4v) is 3.43. The number of benzene rings is 1. The van der Waals surface area contributed by atoms with E-state index in [2.05, 4.69) is 15.2 Å². The molecule has 2 heterocycles. The highest BCUT2D eigenvalue weighted by molar-refractivity contribution is 7.13. The van der Waals surface area contributed by atoms with Crippen LogP contribution in [-0.4, -0.2) is 56.3 Å². The summed E-state index contributed by atoms with van der Waals surface area (Å²) < 4.78 is 10.5. The van der Waals surface area contributed by atoms with Crippen molar-refractivity contribution in [1.29, 1.82) is 0 Å². The number of thiazole rings is 1. The highest BCUT2D eigenvalue weighted by Crippen LogP contribution is 2.22. The van der Waals surface area contributed by atoms with E-state index in [1.807, 2.05) is 34.7 Å². The number of nitrogens with zero attached hydrogens (tertiary/aromatic N) is 3. The van der Waals surface area contributed by atoms with Crippen molar-refractivity contribution < 1.29 is 14.3 Å². The lowest BCUT2D eigenvalue weighted by atomic mass is 10.2. The van der Waals surface area contributed by atoms with Crippen LogP contribution in [0.4, 0.5) is 9.93 Å². The van der Waals surface area contributed by atoms with E-state index in [1.165, 1.54) is 0 Å². The van der Waals surface area contributed by atoms with E-state index in [0.717, 1.165) is 23.8 Å². The normalized spacial score (nSPS) is 14.3. The Hall–Kier alpha value is -2.48.